The molecule has 194 valence electrons. The van der Waals surface area contributed by atoms with Crippen LogP contribution >= 0.6 is 23.2 Å². The van der Waals surface area contributed by atoms with Crippen molar-refractivity contribution < 1.29 is 14.3 Å². The van der Waals surface area contributed by atoms with E-state index >= 15 is 0 Å². The number of allylic oxidation sites excluding steroid dienone is 1. The van der Waals surface area contributed by atoms with Crippen molar-refractivity contribution >= 4 is 40.8 Å². The smallest absolute Gasteiger partial charge is 0.272 e. The number of benzene rings is 3. The topological polar surface area (TPSA) is 67.2 Å². The number of nitrogens with zero attached hydrogens (tertiary/aromatic N) is 2. The van der Waals surface area contributed by atoms with Gasteiger partial charge in [-0.1, -0.05) is 65.7 Å². The van der Waals surface area contributed by atoms with Crippen molar-refractivity contribution in [3.05, 3.63) is 117 Å². The van der Waals surface area contributed by atoms with Crippen LogP contribution in [0.2, 0.25) is 10.0 Å². The maximum atomic E-state index is 13.6. The Balaban J connectivity index is 1.64. The summed E-state index contributed by atoms with van der Waals surface area (Å²) in [4.78, 5) is 13.6. The summed E-state index contributed by atoms with van der Waals surface area (Å²) < 4.78 is 15.3. The molecule has 1 aliphatic carbocycles. The number of aliphatic hydroxyl groups is 1. The van der Waals surface area contributed by atoms with Gasteiger partial charge >= 0.3 is 0 Å². The van der Waals surface area contributed by atoms with Crippen LogP contribution in [0.4, 0.5) is 4.39 Å². The number of rotatable bonds is 6. The summed E-state index contributed by atoms with van der Waals surface area (Å²) in [5.74, 6) is -0.682. The van der Waals surface area contributed by atoms with Gasteiger partial charge in [-0.05, 0) is 78.8 Å². The van der Waals surface area contributed by atoms with E-state index in [-0.39, 0.29) is 24.0 Å². The van der Waals surface area contributed by atoms with E-state index in [4.69, 9.17) is 28.3 Å². The van der Waals surface area contributed by atoms with Gasteiger partial charge in [-0.25, -0.2) is 9.07 Å². The SMILES string of the molecule is O=C(N[C@@H](CO)c1ccccc1)c1nn(-c2ccc(Cl)cc2Cl)c2c1CCCC/C2=C\c1ccc(F)cc1. The Morgan fingerprint density at radius 1 is 1.05 bits per heavy atom. The van der Waals surface area contributed by atoms with E-state index in [1.807, 2.05) is 36.4 Å². The van der Waals surface area contributed by atoms with Crippen LogP contribution in [-0.2, 0) is 6.42 Å². The fraction of sp³-hybridized carbons (Fsp3) is 0.200. The van der Waals surface area contributed by atoms with Crippen LogP contribution in [0.3, 0.4) is 0 Å². The van der Waals surface area contributed by atoms with Crippen molar-refractivity contribution in [1.29, 1.82) is 0 Å². The third-order valence-electron chi connectivity index (χ3n) is 6.66. The van der Waals surface area contributed by atoms with Gasteiger partial charge in [0.2, 0.25) is 0 Å². The number of halogens is 3. The molecule has 1 aliphatic rings. The molecule has 1 aromatic heterocycles. The number of carbonyl (C=O) groups is 1. The molecule has 5 nitrogen and oxygen atoms in total. The average molecular weight is 550 g/mol. The molecule has 0 fully saturated rings. The summed E-state index contributed by atoms with van der Waals surface area (Å²) in [7, 11) is 0. The molecule has 3 aromatic carbocycles. The fourth-order valence-corrected chi connectivity index (χ4v) is 5.30. The summed E-state index contributed by atoms with van der Waals surface area (Å²) in [6.45, 7) is -0.253. The van der Waals surface area contributed by atoms with E-state index in [9.17, 15) is 14.3 Å². The van der Waals surface area contributed by atoms with Gasteiger partial charge in [0.1, 0.15) is 5.82 Å². The molecule has 0 unspecified atom stereocenters. The molecule has 2 N–H and O–H groups in total. The molecule has 0 saturated carbocycles. The van der Waals surface area contributed by atoms with Crippen molar-refractivity contribution in [2.24, 2.45) is 0 Å². The van der Waals surface area contributed by atoms with Crippen LogP contribution in [0, 0.1) is 5.82 Å². The Labute approximate surface area is 230 Å². The standard InChI is InChI=1S/C30H26Cl2FN3O2/c31-22-12-15-27(25(32)17-22)36-29-21(16-19-10-13-23(33)14-11-19)8-4-5-9-24(29)28(35-36)30(38)34-26(18-37)20-6-2-1-3-7-20/h1-3,6-7,10-17,26,37H,4-5,8-9,18H2,(H,34,38)/b21-16+/t26-/m0/s1. The van der Waals surface area contributed by atoms with Gasteiger partial charge in [-0.2, -0.15) is 5.10 Å². The number of hydrogen-bond acceptors (Lipinski definition) is 3. The highest BCUT2D eigenvalue weighted by atomic mass is 35.5. The zero-order valence-corrected chi connectivity index (χ0v) is 22.0. The van der Waals surface area contributed by atoms with Gasteiger partial charge in [0.15, 0.2) is 5.69 Å². The highest BCUT2D eigenvalue weighted by Gasteiger charge is 2.29. The third kappa shape index (κ3) is 5.53. The van der Waals surface area contributed by atoms with Crippen molar-refractivity contribution in [3.8, 4) is 5.69 Å². The predicted molar refractivity (Wildman–Crippen MR) is 149 cm³/mol. The Bertz CT molecular complexity index is 1480. The van der Waals surface area contributed by atoms with E-state index in [0.29, 0.717) is 22.2 Å². The zero-order chi connectivity index (χ0) is 26.6. The van der Waals surface area contributed by atoms with Gasteiger partial charge in [0.25, 0.3) is 5.91 Å². The molecule has 1 amide bonds. The Morgan fingerprint density at radius 2 is 1.79 bits per heavy atom. The minimum Gasteiger partial charge on any atom is -0.394 e. The highest BCUT2D eigenvalue weighted by Crippen LogP contribution is 2.37. The first kappa shape index (κ1) is 26.2. The van der Waals surface area contributed by atoms with Gasteiger partial charge in [-0.3, -0.25) is 4.79 Å². The highest BCUT2D eigenvalue weighted by molar-refractivity contribution is 6.35. The molecule has 0 spiro atoms. The van der Waals surface area contributed by atoms with E-state index in [1.54, 1.807) is 35.0 Å². The lowest BCUT2D eigenvalue weighted by Crippen LogP contribution is -2.31. The third-order valence-corrected chi connectivity index (χ3v) is 7.20. The van der Waals surface area contributed by atoms with Gasteiger partial charge < -0.3 is 10.4 Å². The Kier molecular flexibility index (Phi) is 7.93. The number of aliphatic hydroxyl groups excluding tert-OH is 1. The van der Waals surface area contributed by atoms with Gasteiger partial charge in [0, 0.05) is 10.6 Å². The van der Waals surface area contributed by atoms with Crippen LogP contribution in [-0.4, -0.2) is 27.4 Å². The summed E-state index contributed by atoms with van der Waals surface area (Å²) in [5, 5.41) is 18.6. The zero-order valence-electron chi connectivity index (χ0n) is 20.5. The molecule has 0 bridgehead atoms. The van der Waals surface area contributed by atoms with Crippen LogP contribution in [0.15, 0.2) is 72.8 Å². The summed E-state index contributed by atoms with van der Waals surface area (Å²) in [6.07, 6.45) is 5.20. The van der Waals surface area contributed by atoms with Crippen molar-refractivity contribution in [2.45, 2.75) is 31.7 Å². The summed E-state index contributed by atoms with van der Waals surface area (Å²) in [5.41, 5.74) is 5.10. The Morgan fingerprint density at radius 3 is 2.50 bits per heavy atom. The number of fused-ring (bicyclic) bond motifs is 1. The second-order valence-corrected chi connectivity index (χ2v) is 10.1. The lowest BCUT2D eigenvalue weighted by atomic mass is 10.0. The number of nitrogens with one attached hydrogen (secondary N) is 1. The average Bonchev–Trinajstić information content (AvgIpc) is 3.17. The number of amides is 1. The first-order chi connectivity index (χ1) is 18.4. The number of aromatic nitrogens is 2. The van der Waals surface area contributed by atoms with Gasteiger partial charge in [-0.15, -0.1) is 0 Å². The summed E-state index contributed by atoms with van der Waals surface area (Å²) in [6, 6.07) is 20.2. The number of hydrogen-bond donors (Lipinski definition) is 2. The minimum absolute atomic E-state index is 0.253. The summed E-state index contributed by atoms with van der Waals surface area (Å²) >= 11 is 12.8. The van der Waals surface area contributed by atoms with E-state index in [1.165, 1.54) is 12.1 Å². The first-order valence-corrected chi connectivity index (χ1v) is 13.2. The van der Waals surface area contributed by atoms with Crippen LogP contribution in [0.5, 0.6) is 0 Å². The molecule has 5 rings (SSSR count). The molecule has 8 heteroatoms. The van der Waals surface area contributed by atoms with Crippen molar-refractivity contribution in [3.63, 3.8) is 0 Å². The fourth-order valence-electron chi connectivity index (χ4n) is 4.81. The second-order valence-electron chi connectivity index (χ2n) is 9.23. The molecular formula is C30H26Cl2FN3O2. The lowest BCUT2D eigenvalue weighted by molar-refractivity contribution is 0.0909. The van der Waals surface area contributed by atoms with E-state index < -0.39 is 6.04 Å². The largest absolute Gasteiger partial charge is 0.394 e. The molecule has 0 radical (unpaired) electrons. The van der Waals surface area contributed by atoms with Crippen LogP contribution in [0.1, 0.15) is 58.2 Å². The molecule has 4 aromatic rings. The van der Waals surface area contributed by atoms with Crippen molar-refractivity contribution in [1.82, 2.24) is 15.1 Å². The van der Waals surface area contributed by atoms with Crippen LogP contribution in [0.25, 0.3) is 17.3 Å². The van der Waals surface area contributed by atoms with E-state index in [0.717, 1.165) is 47.2 Å². The maximum absolute atomic E-state index is 13.6. The lowest BCUT2D eigenvalue weighted by Gasteiger charge is -2.16. The second kappa shape index (κ2) is 11.5. The predicted octanol–water partition coefficient (Wildman–Crippen LogP) is 7.05. The van der Waals surface area contributed by atoms with Crippen molar-refractivity contribution in [2.75, 3.05) is 6.61 Å². The molecule has 1 heterocycles. The van der Waals surface area contributed by atoms with Gasteiger partial charge in [0.05, 0.1) is 29.1 Å². The normalized spacial score (nSPS) is 15.1. The molecular weight excluding hydrogens is 524 g/mol. The molecule has 0 saturated heterocycles. The number of carbonyl (C=O) groups excluding carboxylic acids is 1. The van der Waals surface area contributed by atoms with Crippen LogP contribution < -0.4 is 5.32 Å². The molecule has 38 heavy (non-hydrogen) atoms. The molecule has 0 aliphatic heterocycles. The first-order valence-electron chi connectivity index (χ1n) is 12.4. The Hall–Kier alpha value is -3.45. The monoisotopic (exact) mass is 549 g/mol. The van der Waals surface area contributed by atoms with E-state index in [2.05, 4.69) is 5.32 Å². The molecule has 1 atom stereocenters. The maximum Gasteiger partial charge on any atom is 0.272 e. The quantitative estimate of drug-likeness (QED) is 0.253. The minimum atomic E-state index is -0.580.